The largest absolute Gasteiger partial charge is 0.480 e. The maximum absolute atomic E-state index is 11.0. The van der Waals surface area contributed by atoms with Gasteiger partial charge in [0.25, 0.3) is 0 Å². The lowest BCUT2D eigenvalue weighted by Crippen LogP contribution is -2.31. The van der Waals surface area contributed by atoms with Crippen molar-refractivity contribution in [3.63, 3.8) is 0 Å². The van der Waals surface area contributed by atoms with E-state index in [-0.39, 0.29) is 30.6 Å². The van der Waals surface area contributed by atoms with Crippen molar-refractivity contribution in [2.24, 2.45) is 11.5 Å². The van der Waals surface area contributed by atoms with Gasteiger partial charge < -0.3 is 26.4 Å². The second kappa shape index (κ2) is 14.5. The van der Waals surface area contributed by atoms with Gasteiger partial charge in [-0.2, -0.15) is 0 Å². The van der Waals surface area contributed by atoms with Gasteiger partial charge in [0, 0.05) is 0 Å². The number of esters is 1. The molecule has 0 bridgehead atoms. The van der Waals surface area contributed by atoms with Crippen molar-refractivity contribution >= 4 is 24.3 Å². The van der Waals surface area contributed by atoms with Crippen molar-refractivity contribution in [2.45, 2.75) is 89.5 Å². The molecule has 7 nitrogen and oxygen atoms in total. The number of carbonyl (C=O) groups is 2. The third-order valence-corrected chi connectivity index (χ3v) is 3.67. The average molecular weight is 369 g/mol. The Labute approximate surface area is 150 Å². The van der Waals surface area contributed by atoms with Crippen LogP contribution in [0.5, 0.6) is 0 Å². The number of hydrogen-bond donors (Lipinski definition) is 4. The molecule has 2 rings (SSSR count). The van der Waals surface area contributed by atoms with Gasteiger partial charge >= 0.3 is 11.9 Å². The van der Waals surface area contributed by atoms with Gasteiger partial charge in [0.15, 0.2) is 0 Å². The van der Waals surface area contributed by atoms with E-state index in [0.717, 1.165) is 25.7 Å². The number of carboxylic acid groups (broad SMARTS) is 1. The number of aliphatic hydroxyl groups excluding tert-OH is 1. The Kier molecular flexibility index (Phi) is 15.3. The maximum atomic E-state index is 11.0. The summed E-state index contributed by atoms with van der Waals surface area (Å²) in [5, 5.41) is 16.6. The molecule has 2 aliphatic rings. The van der Waals surface area contributed by atoms with Crippen LogP contribution in [0, 0.1) is 0 Å². The lowest BCUT2D eigenvalue weighted by atomic mass is 10.3. The van der Waals surface area contributed by atoms with E-state index >= 15 is 0 Å². The first-order valence-corrected chi connectivity index (χ1v) is 8.36. The number of aliphatic carboxylic acids is 1. The molecule has 0 aromatic carbocycles. The SMILES string of the molecule is C[C@@H](N)C(=O)O.C[C@@H](N)C(=O)OC1CCCC1.Cl.OC1CCCC1. The minimum absolute atomic E-state index is 0. The molecule has 2 atom stereocenters. The summed E-state index contributed by atoms with van der Waals surface area (Å²) in [6.07, 6.45) is 9.13. The van der Waals surface area contributed by atoms with Crippen LogP contribution in [0.2, 0.25) is 0 Å². The summed E-state index contributed by atoms with van der Waals surface area (Å²) in [6.45, 7) is 3.07. The van der Waals surface area contributed by atoms with Gasteiger partial charge in [-0.05, 0) is 52.4 Å². The maximum Gasteiger partial charge on any atom is 0.322 e. The quantitative estimate of drug-likeness (QED) is 0.555. The normalized spacial score (nSPS) is 19.7. The number of rotatable bonds is 3. The molecule has 0 amide bonds. The zero-order chi connectivity index (χ0) is 17.8. The standard InChI is InChI=1S/C8H15NO2.C5H10O.C3H7NO2.ClH/c1-6(9)8(10)11-7-4-2-3-5-7;6-5-3-1-2-4-5;1-2(4)3(5)6;/h6-7H,2-5,9H2,1H3;5-6H,1-4H2;2H,4H2,1H3,(H,5,6);1H/t6-;;2-;/m1.1./s1. The van der Waals surface area contributed by atoms with Crippen LogP contribution in [0.4, 0.5) is 0 Å². The Balaban J connectivity index is 0. The van der Waals surface area contributed by atoms with E-state index in [1.54, 1.807) is 6.92 Å². The first-order chi connectivity index (χ1) is 10.7. The highest BCUT2D eigenvalue weighted by Crippen LogP contribution is 2.21. The van der Waals surface area contributed by atoms with E-state index in [2.05, 4.69) is 0 Å². The summed E-state index contributed by atoms with van der Waals surface area (Å²) in [7, 11) is 0. The molecule has 24 heavy (non-hydrogen) atoms. The molecule has 0 saturated heterocycles. The van der Waals surface area contributed by atoms with Gasteiger partial charge in [0.05, 0.1) is 6.10 Å². The van der Waals surface area contributed by atoms with Crippen molar-refractivity contribution in [3.8, 4) is 0 Å². The number of ether oxygens (including phenoxy) is 1. The van der Waals surface area contributed by atoms with E-state index in [0.29, 0.717) is 0 Å². The summed E-state index contributed by atoms with van der Waals surface area (Å²) < 4.78 is 5.11. The second-order valence-electron chi connectivity index (χ2n) is 6.20. The molecular weight excluding hydrogens is 336 g/mol. The zero-order valence-corrected chi connectivity index (χ0v) is 15.5. The molecule has 0 aliphatic heterocycles. The Bertz CT molecular complexity index is 341. The molecule has 0 radical (unpaired) electrons. The molecule has 0 aromatic rings. The molecule has 0 spiro atoms. The molecule has 144 valence electrons. The van der Waals surface area contributed by atoms with Crippen LogP contribution in [0.1, 0.15) is 65.2 Å². The van der Waals surface area contributed by atoms with Gasteiger partial charge in [0.2, 0.25) is 0 Å². The number of carbonyl (C=O) groups excluding carboxylic acids is 1. The molecule has 2 aliphatic carbocycles. The Morgan fingerprint density at radius 3 is 1.58 bits per heavy atom. The molecule has 6 N–H and O–H groups in total. The number of halogens is 1. The fourth-order valence-corrected chi connectivity index (χ4v) is 2.18. The van der Waals surface area contributed by atoms with E-state index in [9.17, 15) is 9.59 Å². The topological polar surface area (TPSA) is 136 Å². The first kappa shape index (κ1) is 25.4. The smallest absolute Gasteiger partial charge is 0.322 e. The van der Waals surface area contributed by atoms with Crippen LogP contribution in [-0.4, -0.2) is 46.4 Å². The summed E-state index contributed by atoms with van der Waals surface area (Å²) in [6, 6.07) is -1.21. The number of nitrogens with two attached hydrogens (primary N) is 2. The van der Waals surface area contributed by atoms with Crippen LogP contribution in [0.15, 0.2) is 0 Å². The molecule has 0 heterocycles. The zero-order valence-electron chi connectivity index (χ0n) is 14.6. The Morgan fingerprint density at radius 2 is 1.33 bits per heavy atom. The highest BCUT2D eigenvalue weighted by atomic mass is 35.5. The summed E-state index contributed by atoms with van der Waals surface area (Å²) in [5.74, 6) is -1.23. The van der Waals surface area contributed by atoms with E-state index in [1.165, 1.54) is 32.6 Å². The number of hydrogen-bond acceptors (Lipinski definition) is 6. The number of aliphatic hydroxyl groups is 1. The lowest BCUT2D eigenvalue weighted by molar-refractivity contribution is -0.149. The van der Waals surface area contributed by atoms with Crippen molar-refractivity contribution in [1.82, 2.24) is 0 Å². The summed E-state index contributed by atoms with van der Waals surface area (Å²) >= 11 is 0. The predicted octanol–water partition coefficient (Wildman–Crippen LogP) is 1.58. The van der Waals surface area contributed by atoms with Gasteiger partial charge in [-0.1, -0.05) is 12.8 Å². The minimum atomic E-state index is -0.963. The van der Waals surface area contributed by atoms with Gasteiger partial charge in [-0.15, -0.1) is 12.4 Å². The van der Waals surface area contributed by atoms with Gasteiger partial charge in [-0.25, -0.2) is 0 Å². The third kappa shape index (κ3) is 13.5. The second-order valence-corrected chi connectivity index (χ2v) is 6.20. The van der Waals surface area contributed by atoms with Crippen LogP contribution in [0.25, 0.3) is 0 Å². The van der Waals surface area contributed by atoms with E-state index in [1.807, 2.05) is 0 Å². The van der Waals surface area contributed by atoms with E-state index < -0.39 is 18.1 Å². The van der Waals surface area contributed by atoms with Gasteiger partial charge in [0.1, 0.15) is 18.2 Å². The Morgan fingerprint density at radius 1 is 0.958 bits per heavy atom. The molecule has 0 unspecified atom stereocenters. The van der Waals surface area contributed by atoms with Crippen molar-refractivity contribution < 1.29 is 24.5 Å². The molecule has 2 saturated carbocycles. The van der Waals surface area contributed by atoms with Crippen molar-refractivity contribution in [2.75, 3.05) is 0 Å². The van der Waals surface area contributed by atoms with Crippen molar-refractivity contribution in [3.05, 3.63) is 0 Å². The summed E-state index contributed by atoms with van der Waals surface area (Å²) in [4.78, 5) is 20.5. The van der Waals surface area contributed by atoms with Gasteiger partial charge in [-0.3, -0.25) is 9.59 Å². The Hall–Kier alpha value is -0.890. The number of carboxylic acids is 1. The highest BCUT2D eigenvalue weighted by Gasteiger charge is 2.20. The average Bonchev–Trinajstić information content (AvgIpc) is 3.13. The lowest BCUT2D eigenvalue weighted by Gasteiger charge is -2.12. The van der Waals surface area contributed by atoms with E-state index in [4.69, 9.17) is 26.4 Å². The monoisotopic (exact) mass is 368 g/mol. The summed E-state index contributed by atoms with van der Waals surface area (Å²) in [5.41, 5.74) is 10.2. The molecule has 2 fully saturated rings. The first-order valence-electron chi connectivity index (χ1n) is 8.36. The fraction of sp³-hybridized carbons (Fsp3) is 0.875. The predicted molar refractivity (Wildman–Crippen MR) is 95.0 cm³/mol. The van der Waals surface area contributed by atoms with Crippen LogP contribution in [0.3, 0.4) is 0 Å². The molecule has 8 heteroatoms. The van der Waals surface area contributed by atoms with Crippen LogP contribution >= 0.6 is 12.4 Å². The third-order valence-electron chi connectivity index (χ3n) is 3.67. The highest BCUT2D eigenvalue weighted by molar-refractivity contribution is 5.85. The molecule has 0 aromatic heterocycles. The molecular formula is C16H33ClN2O5. The van der Waals surface area contributed by atoms with Crippen LogP contribution < -0.4 is 11.5 Å². The van der Waals surface area contributed by atoms with Crippen LogP contribution in [-0.2, 0) is 14.3 Å². The minimum Gasteiger partial charge on any atom is -0.480 e. The van der Waals surface area contributed by atoms with Crippen molar-refractivity contribution in [1.29, 1.82) is 0 Å². The fourth-order valence-electron chi connectivity index (χ4n) is 2.18.